The number of ketones is 1. The normalized spacial score (nSPS) is 14.3. The number of rotatable bonds is 7. The molecule has 0 radical (unpaired) electrons. The largest absolute Gasteiger partial charge is 0.321 e. The lowest BCUT2D eigenvalue weighted by atomic mass is 10.1. The van der Waals surface area contributed by atoms with Gasteiger partial charge >= 0.3 is 0 Å². The molecular formula is C13H21N3O. The predicted octanol–water partition coefficient (Wildman–Crippen LogP) is 1.87. The fraction of sp³-hybridized carbons (Fsp3) is 0.538. The van der Waals surface area contributed by atoms with Gasteiger partial charge in [-0.25, -0.2) is 0 Å². The Morgan fingerprint density at radius 2 is 2.41 bits per heavy atom. The van der Waals surface area contributed by atoms with Crippen molar-refractivity contribution in [3.05, 3.63) is 30.6 Å². The van der Waals surface area contributed by atoms with Gasteiger partial charge in [0.2, 0.25) is 0 Å². The summed E-state index contributed by atoms with van der Waals surface area (Å²) in [6, 6.07) is 1.78. The molecule has 1 rings (SSSR count). The van der Waals surface area contributed by atoms with E-state index >= 15 is 0 Å². The number of carbonyl (C=O) groups excluding carboxylic acids is 1. The maximum Gasteiger partial charge on any atom is 0.155 e. The number of aromatic nitrogens is 2. The second-order valence-electron chi connectivity index (χ2n) is 4.32. The number of hydrogen-bond acceptors (Lipinski definition) is 3. The first kappa shape index (κ1) is 13.6. The van der Waals surface area contributed by atoms with Crippen molar-refractivity contribution in [3.63, 3.8) is 0 Å². The van der Waals surface area contributed by atoms with E-state index in [-0.39, 0.29) is 5.78 Å². The van der Waals surface area contributed by atoms with Gasteiger partial charge in [0.05, 0.1) is 18.2 Å². The summed E-state index contributed by atoms with van der Waals surface area (Å²) in [7, 11) is 0. The van der Waals surface area contributed by atoms with Crippen LogP contribution >= 0.6 is 0 Å². The van der Waals surface area contributed by atoms with Gasteiger partial charge in [-0.2, -0.15) is 5.10 Å². The van der Waals surface area contributed by atoms with Crippen molar-refractivity contribution in [3.8, 4) is 0 Å². The molecule has 0 saturated heterocycles. The Bertz CT molecular complexity index is 384. The van der Waals surface area contributed by atoms with Gasteiger partial charge in [-0.05, 0) is 25.8 Å². The molecule has 4 nitrogen and oxygen atoms in total. The van der Waals surface area contributed by atoms with Gasteiger partial charge in [-0.3, -0.25) is 9.48 Å². The van der Waals surface area contributed by atoms with E-state index in [4.69, 9.17) is 5.73 Å². The van der Waals surface area contributed by atoms with Gasteiger partial charge in [-0.1, -0.05) is 13.0 Å². The van der Waals surface area contributed by atoms with Crippen LogP contribution in [0.3, 0.4) is 0 Å². The molecule has 0 aliphatic heterocycles. The third-order valence-corrected chi connectivity index (χ3v) is 2.90. The standard InChI is InChI=1S/C13H21N3O/c1-4-6-12(14)13(17)9-11-7-8-16(15-11)10(3)5-2/h4,7-8,10,12H,1,5-6,9,14H2,2-3H3. The summed E-state index contributed by atoms with van der Waals surface area (Å²) in [6.07, 6.45) is 5.42. The van der Waals surface area contributed by atoms with Gasteiger partial charge < -0.3 is 5.73 Å². The molecule has 0 saturated carbocycles. The Morgan fingerprint density at radius 1 is 1.71 bits per heavy atom. The highest BCUT2D eigenvalue weighted by Crippen LogP contribution is 2.10. The van der Waals surface area contributed by atoms with Crippen LogP contribution in [-0.4, -0.2) is 21.6 Å². The summed E-state index contributed by atoms with van der Waals surface area (Å²) in [4.78, 5) is 11.7. The van der Waals surface area contributed by atoms with E-state index in [0.29, 0.717) is 18.9 Å². The Labute approximate surface area is 102 Å². The van der Waals surface area contributed by atoms with Crippen molar-refractivity contribution in [2.75, 3.05) is 0 Å². The van der Waals surface area contributed by atoms with E-state index in [9.17, 15) is 4.79 Å². The summed E-state index contributed by atoms with van der Waals surface area (Å²) in [6.45, 7) is 7.78. The summed E-state index contributed by atoms with van der Waals surface area (Å²) in [5.74, 6) is 0.0132. The maximum absolute atomic E-state index is 11.7. The van der Waals surface area contributed by atoms with Crippen LogP contribution in [0.1, 0.15) is 38.4 Å². The molecule has 1 aromatic rings. The summed E-state index contributed by atoms with van der Waals surface area (Å²) >= 11 is 0. The highest BCUT2D eigenvalue weighted by molar-refractivity contribution is 5.85. The monoisotopic (exact) mass is 235 g/mol. The van der Waals surface area contributed by atoms with Crippen LogP contribution in [0.15, 0.2) is 24.9 Å². The SMILES string of the molecule is C=CCC(N)C(=O)Cc1ccn(C(C)CC)n1. The van der Waals surface area contributed by atoms with E-state index in [0.717, 1.165) is 12.1 Å². The van der Waals surface area contributed by atoms with Crippen molar-refractivity contribution >= 4 is 5.78 Å². The average molecular weight is 235 g/mol. The summed E-state index contributed by atoms with van der Waals surface area (Å²) in [5.41, 5.74) is 6.50. The zero-order valence-corrected chi connectivity index (χ0v) is 10.6. The minimum atomic E-state index is -0.457. The molecule has 2 unspecified atom stereocenters. The van der Waals surface area contributed by atoms with Gasteiger partial charge in [0.1, 0.15) is 0 Å². The first-order valence-corrected chi connectivity index (χ1v) is 6.01. The van der Waals surface area contributed by atoms with Crippen LogP contribution in [0.2, 0.25) is 0 Å². The van der Waals surface area contributed by atoms with Crippen LogP contribution in [0.25, 0.3) is 0 Å². The molecule has 2 atom stereocenters. The van der Waals surface area contributed by atoms with Crippen molar-refractivity contribution in [1.29, 1.82) is 0 Å². The molecule has 0 aromatic carbocycles. The Kier molecular flexibility index (Phi) is 5.10. The van der Waals surface area contributed by atoms with E-state index in [2.05, 4.69) is 25.5 Å². The highest BCUT2D eigenvalue weighted by Gasteiger charge is 2.14. The maximum atomic E-state index is 11.7. The van der Waals surface area contributed by atoms with E-state index in [1.165, 1.54) is 0 Å². The van der Waals surface area contributed by atoms with Gasteiger partial charge in [-0.15, -0.1) is 6.58 Å². The Hall–Kier alpha value is -1.42. The molecule has 4 heteroatoms. The molecule has 94 valence electrons. The quantitative estimate of drug-likeness (QED) is 0.734. The fourth-order valence-corrected chi connectivity index (χ4v) is 1.52. The number of Topliss-reactive ketones (excluding diaryl/α,β-unsaturated/α-hetero) is 1. The van der Waals surface area contributed by atoms with Crippen LogP contribution in [-0.2, 0) is 11.2 Å². The van der Waals surface area contributed by atoms with Crippen LogP contribution < -0.4 is 5.73 Å². The molecule has 1 aromatic heterocycles. The van der Waals surface area contributed by atoms with Crippen molar-refractivity contribution in [2.24, 2.45) is 5.73 Å². The fourth-order valence-electron chi connectivity index (χ4n) is 1.52. The van der Waals surface area contributed by atoms with Crippen LogP contribution in [0.4, 0.5) is 0 Å². The zero-order valence-electron chi connectivity index (χ0n) is 10.6. The lowest BCUT2D eigenvalue weighted by molar-refractivity contribution is -0.119. The van der Waals surface area contributed by atoms with Gasteiger partial charge in [0.25, 0.3) is 0 Å². The Balaban J connectivity index is 2.60. The lowest BCUT2D eigenvalue weighted by Gasteiger charge is -2.08. The number of nitrogens with zero attached hydrogens (tertiary/aromatic N) is 2. The Morgan fingerprint density at radius 3 is 3.00 bits per heavy atom. The zero-order chi connectivity index (χ0) is 12.8. The summed E-state index contributed by atoms with van der Waals surface area (Å²) in [5, 5.41) is 4.38. The third kappa shape index (κ3) is 3.82. The van der Waals surface area contributed by atoms with Crippen LogP contribution in [0.5, 0.6) is 0 Å². The predicted molar refractivity (Wildman–Crippen MR) is 68.7 cm³/mol. The minimum Gasteiger partial charge on any atom is -0.321 e. The first-order chi connectivity index (χ1) is 8.08. The average Bonchev–Trinajstić information content (AvgIpc) is 2.76. The third-order valence-electron chi connectivity index (χ3n) is 2.90. The first-order valence-electron chi connectivity index (χ1n) is 6.01. The van der Waals surface area contributed by atoms with Crippen molar-refractivity contribution in [1.82, 2.24) is 9.78 Å². The van der Waals surface area contributed by atoms with E-state index < -0.39 is 6.04 Å². The molecule has 0 fully saturated rings. The molecular weight excluding hydrogens is 214 g/mol. The molecule has 0 aliphatic carbocycles. The molecule has 0 aliphatic rings. The van der Waals surface area contributed by atoms with E-state index in [1.807, 2.05) is 16.9 Å². The lowest BCUT2D eigenvalue weighted by Crippen LogP contribution is -2.31. The van der Waals surface area contributed by atoms with Crippen molar-refractivity contribution in [2.45, 2.75) is 45.2 Å². The second kappa shape index (κ2) is 6.35. The van der Waals surface area contributed by atoms with E-state index in [1.54, 1.807) is 6.08 Å². The number of nitrogens with two attached hydrogens (primary N) is 1. The van der Waals surface area contributed by atoms with Crippen molar-refractivity contribution < 1.29 is 4.79 Å². The van der Waals surface area contributed by atoms with Gasteiger partial charge in [0, 0.05) is 12.2 Å². The molecule has 0 amide bonds. The molecule has 1 heterocycles. The highest BCUT2D eigenvalue weighted by atomic mass is 16.1. The molecule has 2 N–H and O–H groups in total. The van der Waals surface area contributed by atoms with Gasteiger partial charge in [0.15, 0.2) is 5.78 Å². The second-order valence-corrected chi connectivity index (χ2v) is 4.32. The topological polar surface area (TPSA) is 60.9 Å². The molecule has 0 spiro atoms. The number of hydrogen-bond donors (Lipinski definition) is 1. The smallest absolute Gasteiger partial charge is 0.155 e. The number of carbonyl (C=O) groups is 1. The molecule has 0 bridgehead atoms. The summed E-state index contributed by atoms with van der Waals surface area (Å²) < 4.78 is 1.89. The minimum absolute atomic E-state index is 0.0132. The molecule has 17 heavy (non-hydrogen) atoms. The van der Waals surface area contributed by atoms with Crippen LogP contribution in [0, 0.1) is 0 Å².